The molecule has 0 spiro atoms. The molecule has 3 rings (SSSR count). The minimum absolute atomic E-state index is 0.244. The summed E-state index contributed by atoms with van der Waals surface area (Å²) in [5, 5.41) is 5.44. The van der Waals surface area contributed by atoms with Gasteiger partial charge in [0.1, 0.15) is 0 Å². The molecule has 0 radical (unpaired) electrons. The Morgan fingerprint density at radius 3 is 2.71 bits per heavy atom. The Labute approximate surface area is 146 Å². The van der Waals surface area contributed by atoms with Crippen LogP contribution in [0, 0.1) is 0 Å². The van der Waals surface area contributed by atoms with Crippen LogP contribution in [0.1, 0.15) is 15.9 Å². The van der Waals surface area contributed by atoms with Gasteiger partial charge in [-0.2, -0.15) is 5.10 Å². The lowest BCUT2D eigenvalue weighted by Crippen LogP contribution is -2.20. The smallest absolute Gasteiger partial charge is 0.272 e. The van der Waals surface area contributed by atoms with Gasteiger partial charge in [-0.1, -0.05) is 47.5 Å². The maximum Gasteiger partial charge on any atom is 0.272 e. The van der Waals surface area contributed by atoms with E-state index >= 15 is 0 Å². The van der Waals surface area contributed by atoms with E-state index < -0.39 is 5.91 Å². The summed E-state index contributed by atoms with van der Waals surface area (Å²) in [5.41, 5.74) is 3.47. The van der Waals surface area contributed by atoms with E-state index in [1.807, 2.05) is 0 Å². The summed E-state index contributed by atoms with van der Waals surface area (Å²) in [5.74, 6) is -0.487. The van der Waals surface area contributed by atoms with Gasteiger partial charge in [-0.05, 0) is 18.2 Å². The Hall–Kier alpha value is -2.63. The number of carbonyl (C=O) groups is 1. The number of aromatic amines is 1. The van der Waals surface area contributed by atoms with Crippen molar-refractivity contribution in [3.8, 4) is 0 Å². The summed E-state index contributed by atoms with van der Waals surface area (Å²) in [4.78, 5) is 26.7. The van der Waals surface area contributed by atoms with Crippen LogP contribution < -0.4 is 11.0 Å². The van der Waals surface area contributed by atoms with Gasteiger partial charge in [0.15, 0.2) is 0 Å². The van der Waals surface area contributed by atoms with Crippen LogP contribution >= 0.6 is 23.2 Å². The van der Waals surface area contributed by atoms with Crippen LogP contribution in [0.15, 0.2) is 58.4 Å². The number of rotatable bonds is 3. The lowest BCUT2D eigenvalue weighted by atomic mass is 10.1. The topological polar surface area (TPSA) is 74.3 Å². The van der Waals surface area contributed by atoms with Gasteiger partial charge in [0.2, 0.25) is 5.56 Å². The lowest BCUT2D eigenvalue weighted by molar-refractivity contribution is 0.0956. The molecule has 5 nitrogen and oxygen atoms in total. The first-order chi connectivity index (χ1) is 11.5. The second kappa shape index (κ2) is 6.86. The largest absolute Gasteiger partial charge is 0.322 e. The number of halogens is 2. The SMILES string of the molecule is O=C(N/N=C/c1ccc(Cl)cc1Cl)c1cc(=O)[nH]c2ccccc12. The van der Waals surface area contributed by atoms with Crippen molar-refractivity contribution in [3.05, 3.63) is 80.1 Å². The summed E-state index contributed by atoms with van der Waals surface area (Å²) in [6, 6.07) is 13.2. The van der Waals surface area contributed by atoms with Crippen LogP contribution in [-0.2, 0) is 0 Å². The number of nitrogens with one attached hydrogen (secondary N) is 2. The molecule has 24 heavy (non-hydrogen) atoms. The summed E-state index contributed by atoms with van der Waals surface area (Å²) in [6.45, 7) is 0. The molecule has 2 aromatic carbocycles. The first kappa shape index (κ1) is 16.2. The van der Waals surface area contributed by atoms with Gasteiger partial charge in [-0.15, -0.1) is 0 Å². The zero-order valence-corrected chi connectivity index (χ0v) is 13.7. The van der Waals surface area contributed by atoms with E-state index in [1.54, 1.807) is 42.5 Å². The molecular formula is C17H11Cl2N3O2. The van der Waals surface area contributed by atoms with Crippen molar-refractivity contribution < 1.29 is 4.79 Å². The molecule has 3 aromatic rings. The highest BCUT2D eigenvalue weighted by Crippen LogP contribution is 2.19. The van der Waals surface area contributed by atoms with E-state index in [2.05, 4.69) is 15.5 Å². The Kier molecular flexibility index (Phi) is 4.64. The van der Waals surface area contributed by atoms with Crippen LogP contribution in [0.4, 0.5) is 0 Å². The molecule has 0 saturated carbocycles. The number of nitrogens with zero attached hydrogens (tertiary/aromatic N) is 1. The minimum Gasteiger partial charge on any atom is -0.322 e. The quantitative estimate of drug-likeness (QED) is 0.553. The number of aromatic nitrogens is 1. The summed E-state index contributed by atoms with van der Waals surface area (Å²) < 4.78 is 0. The van der Waals surface area contributed by atoms with Crippen molar-refractivity contribution in [2.45, 2.75) is 0 Å². The first-order valence-corrected chi connectivity index (χ1v) is 7.71. The Bertz CT molecular complexity index is 1010. The molecule has 0 aliphatic rings. The third-order valence-electron chi connectivity index (χ3n) is 3.33. The molecule has 0 saturated heterocycles. The second-order valence-electron chi connectivity index (χ2n) is 4.96. The van der Waals surface area contributed by atoms with E-state index in [9.17, 15) is 9.59 Å². The van der Waals surface area contributed by atoms with Gasteiger partial charge in [0.25, 0.3) is 5.91 Å². The summed E-state index contributed by atoms with van der Waals surface area (Å²) in [7, 11) is 0. The average Bonchev–Trinajstić information content (AvgIpc) is 2.56. The number of pyridine rings is 1. The highest BCUT2D eigenvalue weighted by atomic mass is 35.5. The van der Waals surface area contributed by atoms with Crippen molar-refractivity contribution in [2.24, 2.45) is 5.10 Å². The van der Waals surface area contributed by atoms with E-state index in [4.69, 9.17) is 23.2 Å². The number of hydrazone groups is 1. The number of para-hydroxylation sites is 1. The maximum atomic E-state index is 12.3. The van der Waals surface area contributed by atoms with Gasteiger partial charge in [-0.3, -0.25) is 9.59 Å². The summed E-state index contributed by atoms with van der Waals surface area (Å²) in [6.07, 6.45) is 1.41. The number of carbonyl (C=O) groups excluding carboxylic acids is 1. The number of amides is 1. The Morgan fingerprint density at radius 2 is 1.92 bits per heavy atom. The molecule has 120 valence electrons. The molecule has 1 amide bonds. The molecular weight excluding hydrogens is 349 g/mol. The third kappa shape index (κ3) is 3.48. The lowest BCUT2D eigenvalue weighted by Gasteiger charge is -2.04. The van der Waals surface area contributed by atoms with Crippen molar-refractivity contribution in [3.63, 3.8) is 0 Å². The van der Waals surface area contributed by atoms with Crippen LogP contribution in [-0.4, -0.2) is 17.1 Å². The molecule has 1 aromatic heterocycles. The first-order valence-electron chi connectivity index (χ1n) is 6.95. The Morgan fingerprint density at radius 1 is 1.12 bits per heavy atom. The fourth-order valence-corrected chi connectivity index (χ4v) is 2.68. The van der Waals surface area contributed by atoms with Crippen LogP contribution in [0.2, 0.25) is 10.0 Å². The standard InChI is InChI=1S/C17H11Cl2N3O2/c18-11-6-5-10(14(19)7-11)9-20-22-17(24)13-8-16(23)21-15-4-2-1-3-12(13)15/h1-9H,(H,21,23)(H,22,24)/b20-9+. The zero-order valence-electron chi connectivity index (χ0n) is 12.2. The zero-order chi connectivity index (χ0) is 17.1. The molecule has 0 unspecified atom stereocenters. The average molecular weight is 360 g/mol. The van der Waals surface area contributed by atoms with Crippen molar-refractivity contribution in [1.82, 2.24) is 10.4 Å². The van der Waals surface area contributed by atoms with E-state index in [0.717, 1.165) is 0 Å². The molecule has 0 atom stereocenters. The molecule has 0 fully saturated rings. The van der Waals surface area contributed by atoms with Gasteiger partial charge >= 0.3 is 0 Å². The van der Waals surface area contributed by atoms with Crippen LogP contribution in [0.5, 0.6) is 0 Å². The fourth-order valence-electron chi connectivity index (χ4n) is 2.22. The number of fused-ring (bicyclic) bond motifs is 1. The van der Waals surface area contributed by atoms with Crippen molar-refractivity contribution >= 4 is 46.2 Å². The molecule has 0 aliphatic carbocycles. The van der Waals surface area contributed by atoms with Gasteiger partial charge in [0.05, 0.1) is 16.8 Å². The number of hydrogen-bond donors (Lipinski definition) is 2. The number of hydrogen-bond acceptors (Lipinski definition) is 3. The maximum absolute atomic E-state index is 12.3. The highest BCUT2D eigenvalue weighted by Gasteiger charge is 2.10. The van der Waals surface area contributed by atoms with Gasteiger partial charge < -0.3 is 4.98 Å². The molecule has 1 heterocycles. The highest BCUT2D eigenvalue weighted by molar-refractivity contribution is 6.36. The van der Waals surface area contributed by atoms with E-state index in [1.165, 1.54) is 12.3 Å². The normalized spacial score (nSPS) is 11.1. The third-order valence-corrected chi connectivity index (χ3v) is 3.89. The minimum atomic E-state index is -0.487. The van der Waals surface area contributed by atoms with E-state index in [-0.39, 0.29) is 11.1 Å². The molecule has 7 heteroatoms. The van der Waals surface area contributed by atoms with Crippen LogP contribution in [0.25, 0.3) is 10.9 Å². The molecule has 2 N–H and O–H groups in total. The van der Waals surface area contributed by atoms with Crippen molar-refractivity contribution in [1.29, 1.82) is 0 Å². The monoisotopic (exact) mass is 359 g/mol. The second-order valence-corrected chi connectivity index (χ2v) is 5.80. The van der Waals surface area contributed by atoms with E-state index in [0.29, 0.717) is 26.5 Å². The fraction of sp³-hybridized carbons (Fsp3) is 0. The predicted molar refractivity (Wildman–Crippen MR) is 96.1 cm³/mol. The number of H-pyrrole nitrogens is 1. The molecule has 0 bridgehead atoms. The van der Waals surface area contributed by atoms with Crippen molar-refractivity contribution in [2.75, 3.05) is 0 Å². The number of benzene rings is 2. The van der Waals surface area contributed by atoms with Gasteiger partial charge in [0, 0.05) is 27.6 Å². The van der Waals surface area contributed by atoms with Crippen LogP contribution in [0.3, 0.4) is 0 Å². The van der Waals surface area contributed by atoms with Gasteiger partial charge in [-0.25, -0.2) is 5.43 Å². The summed E-state index contributed by atoms with van der Waals surface area (Å²) >= 11 is 11.8. The molecule has 0 aliphatic heterocycles. The Balaban J connectivity index is 1.85. The predicted octanol–water partition coefficient (Wildman–Crippen LogP) is 3.60.